The molecule has 308 valence electrons. The summed E-state index contributed by atoms with van der Waals surface area (Å²) < 4.78 is 45.9. The average molecular weight is 799 g/mol. The number of hydrogen-bond donors (Lipinski definition) is 3. The van der Waals surface area contributed by atoms with E-state index in [4.69, 9.17) is 24.2 Å². The van der Waals surface area contributed by atoms with Crippen LogP contribution < -0.4 is 24.8 Å². The minimum Gasteiger partial charge on any atom is -0.497 e. The number of amides is 4. The summed E-state index contributed by atoms with van der Waals surface area (Å²) in [6, 6.07) is 3.22. The lowest BCUT2D eigenvalue weighted by molar-refractivity contribution is -0.143. The average Bonchev–Trinajstić information content (AvgIpc) is 4.07. The number of fused-ring (bicyclic) bond motifs is 4. The topological polar surface area (TPSA) is 195 Å². The number of aromatic nitrogens is 2. The first kappa shape index (κ1) is 41.4. The van der Waals surface area contributed by atoms with E-state index < -0.39 is 74.1 Å². The van der Waals surface area contributed by atoms with Gasteiger partial charge in [0.2, 0.25) is 27.7 Å². The van der Waals surface area contributed by atoms with Gasteiger partial charge < -0.3 is 29.7 Å². The summed E-state index contributed by atoms with van der Waals surface area (Å²) in [4.78, 5) is 68.0. The number of rotatable bonds is 8. The largest absolute Gasteiger partial charge is 0.497 e. The number of methoxy groups -OCH3 is 1. The number of carbonyl (C=O) groups excluding carboxylic acids is 4. The second-order valence-corrected chi connectivity index (χ2v) is 19.0. The smallest absolute Gasteiger partial charge is 0.408 e. The van der Waals surface area contributed by atoms with Gasteiger partial charge in [-0.15, -0.1) is 0 Å². The van der Waals surface area contributed by atoms with Gasteiger partial charge in [-0.25, -0.2) is 23.2 Å². The molecule has 1 saturated heterocycles. The lowest BCUT2D eigenvalue weighted by Crippen LogP contribution is -2.61. The Kier molecular flexibility index (Phi) is 12.1. The van der Waals surface area contributed by atoms with Crippen molar-refractivity contribution in [1.82, 2.24) is 30.2 Å². The van der Waals surface area contributed by atoms with E-state index in [0.29, 0.717) is 66.9 Å². The van der Waals surface area contributed by atoms with Crippen molar-refractivity contribution in [3.63, 3.8) is 0 Å². The molecule has 3 N–H and O–H groups in total. The molecule has 4 amide bonds. The van der Waals surface area contributed by atoms with Gasteiger partial charge in [0.1, 0.15) is 41.3 Å². The molecule has 4 aliphatic rings. The molecule has 2 aliphatic carbocycles. The van der Waals surface area contributed by atoms with E-state index in [1.54, 1.807) is 13.2 Å². The Bertz CT molecular complexity index is 1930. The van der Waals surface area contributed by atoms with E-state index in [1.165, 1.54) is 4.90 Å². The van der Waals surface area contributed by atoms with Crippen LogP contribution in [-0.2, 0) is 35.6 Å². The van der Waals surface area contributed by atoms with Crippen LogP contribution in [-0.4, -0.2) is 95.8 Å². The molecular weight excluding hydrogens is 741 g/mol. The summed E-state index contributed by atoms with van der Waals surface area (Å²) in [5.74, 6) is -1.85. The minimum atomic E-state index is -3.88. The Morgan fingerprint density at radius 1 is 1.02 bits per heavy atom. The van der Waals surface area contributed by atoms with Crippen LogP contribution in [0.25, 0.3) is 11.0 Å². The monoisotopic (exact) mass is 798 g/mol. The number of sulfonamides is 1. The lowest BCUT2D eigenvalue weighted by atomic mass is 9.85. The fraction of sp³-hybridized carbons (Fsp3) is 0.700. The summed E-state index contributed by atoms with van der Waals surface area (Å²) in [6.45, 7) is 11.0. The van der Waals surface area contributed by atoms with Crippen molar-refractivity contribution in [2.45, 2.75) is 147 Å². The van der Waals surface area contributed by atoms with Crippen LogP contribution in [0.2, 0.25) is 0 Å². The van der Waals surface area contributed by atoms with E-state index in [9.17, 15) is 27.6 Å². The molecule has 2 aromatic rings. The Morgan fingerprint density at radius 2 is 1.75 bits per heavy atom. The van der Waals surface area contributed by atoms with Gasteiger partial charge in [-0.3, -0.25) is 19.1 Å². The Balaban J connectivity index is 1.40. The first-order valence-electron chi connectivity index (χ1n) is 20.2. The highest BCUT2D eigenvalue weighted by molar-refractivity contribution is 7.91. The molecule has 0 spiro atoms. The fourth-order valence-electron chi connectivity index (χ4n) is 8.21. The maximum Gasteiger partial charge on any atom is 0.408 e. The van der Waals surface area contributed by atoms with Crippen LogP contribution in [0.3, 0.4) is 0 Å². The molecule has 7 atom stereocenters. The predicted octanol–water partition coefficient (Wildman–Crippen LogP) is 4.55. The highest BCUT2D eigenvalue weighted by atomic mass is 32.2. The van der Waals surface area contributed by atoms with Crippen LogP contribution in [0.5, 0.6) is 11.6 Å². The van der Waals surface area contributed by atoms with Gasteiger partial charge in [-0.1, -0.05) is 53.9 Å². The van der Waals surface area contributed by atoms with E-state index in [0.717, 1.165) is 25.7 Å². The zero-order valence-electron chi connectivity index (χ0n) is 33.7. The van der Waals surface area contributed by atoms with Crippen molar-refractivity contribution < 1.29 is 41.8 Å². The SMILES string of the molecule is CC[C@@H]1[C@@H]2CN(C(=O)[C@H](C(C)(C)C)NC(=O)O[C@H](C)CCCCCCc3nc4ccc(OC)cc4nc3O2)[C@@H]1C(=O)N[C@]1(C(=O)NS(=O)(=O)C2CC2)C[C@H]1CC. The number of carbonyl (C=O) groups is 4. The summed E-state index contributed by atoms with van der Waals surface area (Å²) >= 11 is 0. The zero-order chi connectivity index (χ0) is 40.6. The molecule has 3 fully saturated rings. The maximum absolute atomic E-state index is 14.9. The van der Waals surface area contributed by atoms with E-state index >= 15 is 0 Å². The number of nitrogens with zero attached hydrogens (tertiary/aromatic N) is 3. The zero-order valence-corrected chi connectivity index (χ0v) is 34.5. The molecule has 6 rings (SSSR count). The maximum atomic E-state index is 14.9. The van der Waals surface area contributed by atoms with Crippen LogP contribution in [0.4, 0.5) is 4.79 Å². The third-order valence-corrected chi connectivity index (χ3v) is 13.6. The summed E-state index contributed by atoms with van der Waals surface area (Å²) in [6.07, 6.45) is 5.01. The molecule has 1 aromatic heterocycles. The molecule has 15 nitrogen and oxygen atoms in total. The fourth-order valence-corrected chi connectivity index (χ4v) is 9.57. The van der Waals surface area contributed by atoms with Crippen molar-refractivity contribution in [1.29, 1.82) is 0 Å². The minimum absolute atomic E-state index is 0.0289. The summed E-state index contributed by atoms with van der Waals surface area (Å²) in [7, 11) is -2.31. The molecule has 2 bridgehead atoms. The third-order valence-electron chi connectivity index (χ3n) is 11.8. The molecule has 0 unspecified atom stereocenters. The van der Waals surface area contributed by atoms with E-state index in [2.05, 4.69) is 15.4 Å². The molecule has 1 aromatic carbocycles. The number of aryl methyl sites for hydroxylation is 1. The summed E-state index contributed by atoms with van der Waals surface area (Å²) in [5, 5.41) is 5.13. The summed E-state index contributed by atoms with van der Waals surface area (Å²) in [5.41, 5.74) is -0.350. The molecule has 16 heteroatoms. The molecule has 56 heavy (non-hydrogen) atoms. The first-order valence-corrected chi connectivity index (χ1v) is 21.7. The third kappa shape index (κ3) is 8.84. The van der Waals surface area contributed by atoms with Crippen molar-refractivity contribution in [3.8, 4) is 11.6 Å². The number of benzene rings is 1. The first-order chi connectivity index (χ1) is 26.5. The number of ether oxygens (including phenoxy) is 3. The lowest BCUT2D eigenvalue weighted by Gasteiger charge is -2.36. The van der Waals surface area contributed by atoms with Crippen LogP contribution in [0.1, 0.15) is 111 Å². The standard InChI is InChI=1S/C40H58N6O9S/c1-8-24-21-40(24,37(49)45-56(51,52)26-17-18-26)44-34(47)32-27(9-2)31-22-46(32)36(48)33(39(4,5)6)43-38(50)54-23(3)14-12-10-11-13-15-29-35(55-31)42-30-20-25(53-7)16-19-28(30)41-29/h16,19-20,23-24,26-27,31-33H,8-15,17-18,21-22H2,1-7H3,(H,43,50)(H,44,47)(H,45,49)/t23-,24-,27-,31+,32+,33-,40-/m1/s1. The molecule has 3 heterocycles. The molecule has 2 saturated carbocycles. The van der Waals surface area contributed by atoms with Crippen molar-refractivity contribution in [3.05, 3.63) is 23.9 Å². The van der Waals surface area contributed by atoms with Gasteiger partial charge in [0.25, 0.3) is 5.91 Å². The Labute approximate surface area is 329 Å². The number of alkyl carbamates (subject to hydrolysis) is 1. The second-order valence-electron chi connectivity index (χ2n) is 17.1. The van der Waals surface area contributed by atoms with Crippen molar-refractivity contribution in [2.75, 3.05) is 13.7 Å². The van der Waals surface area contributed by atoms with Gasteiger partial charge >= 0.3 is 6.09 Å². The van der Waals surface area contributed by atoms with Gasteiger partial charge in [-0.2, -0.15) is 0 Å². The van der Waals surface area contributed by atoms with Crippen LogP contribution >= 0.6 is 0 Å². The Morgan fingerprint density at radius 3 is 2.39 bits per heavy atom. The van der Waals surface area contributed by atoms with Crippen molar-refractivity contribution in [2.24, 2.45) is 17.3 Å². The molecular formula is C40H58N6O9S. The molecule has 0 radical (unpaired) electrons. The van der Waals surface area contributed by atoms with Crippen molar-refractivity contribution >= 4 is 44.9 Å². The van der Waals surface area contributed by atoms with Crippen LogP contribution in [0.15, 0.2) is 18.2 Å². The van der Waals surface area contributed by atoms with Gasteiger partial charge in [0, 0.05) is 12.0 Å². The number of cyclic esters (lactones) is 1. The second kappa shape index (κ2) is 16.3. The van der Waals surface area contributed by atoms with E-state index in [-0.39, 0.29) is 25.0 Å². The highest BCUT2D eigenvalue weighted by Gasteiger charge is 2.63. The number of nitrogens with one attached hydrogen (secondary N) is 3. The number of hydrogen-bond acceptors (Lipinski definition) is 11. The molecule has 2 aliphatic heterocycles. The predicted molar refractivity (Wildman–Crippen MR) is 208 cm³/mol. The highest BCUT2D eigenvalue weighted by Crippen LogP contribution is 2.47. The normalized spacial score (nSPS) is 29.2. The van der Waals surface area contributed by atoms with Gasteiger partial charge in [0.05, 0.1) is 29.9 Å². The van der Waals surface area contributed by atoms with Crippen LogP contribution in [0, 0.1) is 17.3 Å². The van der Waals surface area contributed by atoms with E-state index in [1.807, 2.05) is 53.7 Å². The Hall–Kier alpha value is -4.21. The van der Waals surface area contributed by atoms with Gasteiger partial charge in [0.15, 0.2) is 0 Å². The van der Waals surface area contributed by atoms with Gasteiger partial charge in [-0.05, 0) is 81.8 Å². The quantitative estimate of drug-likeness (QED) is 0.339.